The number of halogens is 2. The molecule has 3 nitrogen and oxygen atoms in total. The summed E-state index contributed by atoms with van der Waals surface area (Å²) in [6.45, 7) is 1.90. The molecular formula is C11H11BrFN3. The highest BCUT2D eigenvalue weighted by Crippen LogP contribution is 2.32. The fourth-order valence-electron chi connectivity index (χ4n) is 1.58. The Balaban J connectivity index is 2.69. The van der Waals surface area contributed by atoms with Gasteiger partial charge in [0.25, 0.3) is 0 Å². The van der Waals surface area contributed by atoms with Crippen LogP contribution in [0.15, 0.2) is 22.8 Å². The molecule has 0 spiro atoms. The maximum absolute atomic E-state index is 13.9. The predicted molar refractivity (Wildman–Crippen MR) is 65.5 cm³/mol. The molecule has 0 aliphatic heterocycles. The van der Waals surface area contributed by atoms with Crippen molar-refractivity contribution < 1.29 is 4.39 Å². The van der Waals surface area contributed by atoms with Gasteiger partial charge in [-0.3, -0.25) is 4.68 Å². The van der Waals surface area contributed by atoms with E-state index in [1.54, 1.807) is 25.4 Å². The molecule has 2 aromatic rings. The van der Waals surface area contributed by atoms with Gasteiger partial charge in [-0.15, -0.1) is 0 Å². The monoisotopic (exact) mass is 283 g/mol. The van der Waals surface area contributed by atoms with Crippen LogP contribution in [-0.2, 0) is 7.05 Å². The lowest BCUT2D eigenvalue weighted by Gasteiger charge is -2.06. The second kappa shape index (κ2) is 3.90. The van der Waals surface area contributed by atoms with Crippen LogP contribution in [-0.4, -0.2) is 9.78 Å². The summed E-state index contributed by atoms with van der Waals surface area (Å²) in [6.07, 6.45) is 1.57. The molecule has 0 atom stereocenters. The second-order valence-corrected chi connectivity index (χ2v) is 4.53. The van der Waals surface area contributed by atoms with Gasteiger partial charge in [0.1, 0.15) is 11.6 Å². The van der Waals surface area contributed by atoms with Gasteiger partial charge in [0, 0.05) is 18.2 Å². The molecule has 0 aliphatic rings. The van der Waals surface area contributed by atoms with E-state index in [2.05, 4.69) is 21.0 Å². The van der Waals surface area contributed by atoms with Gasteiger partial charge in [-0.05, 0) is 40.5 Å². The molecule has 0 saturated heterocycles. The largest absolute Gasteiger partial charge is 0.383 e. The SMILES string of the molecule is Cc1cc(Br)c(F)c(-c2cnn(C)c2N)c1. The third-order valence-electron chi connectivity index (χ3n) is 2.45. The zero-order valence-electron chi connectivity index (χ0n) is 8.96. The van der Waals surface area contributed by atoms with E-state index in [0.29, 0.717) is 21.4 Å². The Kier molecular flexibility index (Phi) is 2.71. The van der Waals surface area contributed by atoms with Crippen molar-refractivity contribution in [2.24, 2.45) is 7.05 Å². The summed E-state index contributed by atoms with van der Waals surface area (Å²) in [7, 11) is 1.72. The molecule has 0 bridgehead atoms. The van der Waals surface area contributed by atoms with Gasteiger partial charge < -0.3 is 5.73 Å². The summed E-state index contributed by atoms with van der Waals surface area (Å²) in [5, 5.41) is 4.00. The Hall–Kier alpha value is -1.36. The van der Waals surface area contributed by atoms with Gasteiger partial charge in [-0.1, -0.05) is 0 Å². The molecule has 0 amide bonds. The third kappa shape index (κ3) is 1.71. The molecule has 16 heavy (non-hydrogen) atoms. The minimum Gasteiger partial charge on any atom is -0.383 e. The lowest BCUT2D eigenvalue weighted by Crippen LogP contribution is -1.99. The Morgan fingerprint density at radius 1 is 1.38 bits per heavy atom. The Labute approximate surface area is 101 Å². The maximum Gasteiger partial charge on any atom is 0.145 e. The van der Waals surface area contributed by atoms with E-state index in [4.69, 9.17) is 5.73 Å². The van der Waals surface area contributed by atoms with Crippen LogP contribution in [0.4, 0.5) is 10.2 Å². The lowest BCUT2D eigenvalue weighted by molar-refractivity contribution is 0.624. The van der Waals surface area contributed by atoms with Crippen LogP contribution in [0.3, 0.4) is 0 Å². The van der Waals surface area contributed by atoms with E-state index in [0.717, 1.165) is 5.56 Å². The normalized spacial score (nSPS) is 10.8. The molecule has 0 fully saturated rings. The van der Waals surface area contributed by atoms with E-state index in [-0.39, 0.29) is 5.82 Å². The molecular weight excluding hydrogens is 273 g/mol. The quantitative estimate of drug-likeness (QED) is 0.875. The predicted octanol–water partition coefficient (Wildman–Crippen LogP) is 2.88. The number of nitrogens with zero attached hydrogens (tertiary/aromatic N) is 2. The van der Waals surface area contributed by atoms with Crippen LogP contribution < -0.4 is 5.73 Å². The van der Waals surface area contributed by atoms with Crippen molar-refractivity contribution >= 4 is 21.7 Å². The number of aryl methyl sites for hydroxylation is 2. The minimum atomic E-state index is -0.315. The summed E-state index contributed by atoms with van der Waals surface area (Å²) in [6, 6.07) is 3.48. The fraction of sp³-hybridized carbons (Fsp3) is 0.182. The minimum absolute atomic E-state index is 0.315. The van der Waals surface area contributed by atoms with E-state index >= 15 is 0 Å². The van der Waals surface area contributed by atoms with Gasteiger partial charge in [0.15, 0.2) is 0 Å². The zero-order valence-corrected chi connectivity index (χ0v) is 10.5. The Bertz CT molecular complexity index is 548. The fourth-order valence-corrected chi connectivity index (χ4v) is 2.15. The van der Waals surface area contributed by atoms with Gasteiger partial charge in [0.05, 0.1) is 10.7 Å². The number of rotatable bonds is 1. The highest BCUT2D eigenvalue weighted by Gasteiger charge is 2.14. The molecule has 0 radical (unpaired) electrons. The first-order chi connectivity index (χ1) is 7.50. The number of nitrogen functional groups attached to an aromatic ring is 1. The number of anilines is 1. The zero-order chi connectivity index (χ0) is 11.9. The highest BCUT2D eigenvalue weighted by molar-refractivity contribution is 9.10. The topological polar surface area (TPSA) is 43.8 Å². The standard InChI is InChI=1S/C11H11BrFN3/c1-6-3-7(10(13)9(12)4-6)8-5-15-16(2)11(8)14/h3-5H,14H2,1-2H3. The summed E-state index contributed by atoms with van der Waals surface area (Å²) in [5.41, 5.74) is 7.87. The van der Waals surface area contributed by atoms with Crippen molar-refractivity contribution in [3.8, 4) is 11.1 Å². The molecule has 2 rings (SSSR count). The van der Waals surface area contributed by atoms with Crippen LogP contribution in [0.25, 0.3) is 11.1 Å². The summed E-state index contributed by atoms with van der Waals surface area (Å²) >= 11 is 3.18. The highest BCUT2D eigenvalue weighted by atomic mass is 79.9. The van der Waals surface area contributed by atoms with Gasteiger partial charge >= 0.3 is 0 Å². The Morgan fingerprint density at radius 3 is 2.62 bits per heavy atom. The maximum atomic E-state index is 13.9. The summed E-state index contributed by atoms with van der Waals surface area (Å²) in [5.74, 6) is 0.140. The number of hydrogen-bond acceptors (Lipinski definition) is 2. The molecule has 2 N–H and O–H groups in total. The molecule has 1 aromatic carbocycles. The number of hydrogen-bond donors (Lipinski definition) is 1. The van der Waals surface area contributed by atoms with Gasteiger partial charge in [-0.25, -0.2) is 4.39 Å². The average Bonchev–Trinajstić information content (AvgIpc) is 2.54. The lowest BCUT2D eigenvalue weighted by atomic mass is 10.1. The first-order valence-corrected chi connectivity index (χ1v) is 5.53. The van der Waals surface area contributed by atoms with Crippen molar-refractivity contribution in [2.45, 2.75) is 6.92 Å². The van der Waals surface area contributed by atoms with E-state index in [1.165, 1.54) is 4.68 Å². The molecule has 1 aromatic heterocycles. The number of aromatic nitrogens is 2. The van der Waals surface area contributed by atoms with E-state index in [9.17, 15) is 4.39 Å². The molecule has 0 saturated carbocycles. The van der Waals surface area contributed by atoms with Crippen molar-refractivity contribution in [3.05, 3.63) is 34.2 Å². The summed E-state index contributed by atoms with van der Waals surface area (Å²) in [4.78, 5) is 0. The molecule has 5 heteroatoms. The summed E-state index contributed by atoms with van der Waals surface area (Å²) < 4.78 is 15.9. The van der Waals surface area contributed by atoms with Crippen LogP contribution in [0.2, 0.25) is 0 Å². The first-order valence-electron chi connectivity index (χ1n) is 4.74. The van der Waals surface area contributed by atoms with Crippen LogP contribution in [0.5, 0.6) is 0 Å². The number of benzene rings is 1. The van der Waals surface area contributed by atoms with E-state index in [1.807, 2.05) is 6.92 Å². The van der Waals surface area contributed by atoms with Crippen molar-refractivity contribution in [3.63, 3.8) is 0 Å². The number of nitrogens with two attached hydrogens (primary N) is 1. The average molecular weight is 284 g/mol. The molecule has 0 aliphatic carbocycles. The molecule has 0 unspecified atom stereocenters. The van der Waals surface area contributed by atoms with Crippen molar-refractivity contribution in [2.75, 3.05) is 5.73 Å². The van der Waals surface area contributed by atoms with Gasteiger partial charge in [0.2, 0.25) is 0 Å². The third-order valence-corrected chi connectivity index (χ3v) is 3.02. The van der Waals surface area contributed by atoms with Crippen LogP contribution >= 0.6 is 15.9 Å². The second-order valence-electron chi connectivity index (χ2n) is 3.68. The van der Waals surface area contributed by atoms with Crippen molar-refractivity contribution in [1.82, 2.24) is 9.78 Å². The van der Waals surface area contributed by atoms with Crippen molar-refractivity contribution in [1.29, 1.82) is 0 Å². The smallest absolute Gasteiger partial charge is 0.145 e. The van der Waals surface area contributed by atoms with Crippen LogP contribution in [0, 0.1) is 12.7 Å². The Morgan fingerprint density at radius 2 is 2.06 bits per heavy atom. The van der Waals surface area contributed by atoms with Gasteiger partial charge in [-0.2, -0.15) is 5.10 Å². The van der Waals surface area contributed by atoms with Crippen LogP contribution in [0.1, 0.15) is 5.56 Å². The first kappa shape index (κ1) is 11.1. The van der Waals surface area contributed by atoms with E-state index < -0.39 is 0 Å². The molecule has 1 heterocycles. The molecule has 84 valence electrons.